The Labute approximate surface area is 97.6 Å². The lowest BCUT2D eigenvalue weighted by Gasteiger charge is -2.06. The van der Waals surface area contributed by atoms with E-state index in [4.69, 9.17) is 10.9 Å². The summed E-state index contributed by atoms with van der Waals surface area (Å²) in [6.07, 6.45) is 5.53. The van der Waals surface area contributed by atoms with E-state index in [0.29, 0.717) is 11.6 Å². The van der Waals surface area contributed by atoms with Crippen LogP contribution < -0.4 is 5.73 Å². The number of oxime groups is 1. The van der Waals surface area contributed by atoms with Crippen molar-refractivity contribution in [1.29, 1.82) is 0 Å². The first-order valence-corrected chi connectivity index (χ1v) is 5.08. The molecule has 0 aliphatic heterocycles. The van der Waals surface area contributed by atoms with Crippen LogP contribution in [0.3, 0.4) is 0 Å². The van der Waals surface area contributed by atoms with Gasteiger partial charge in [-0.3, -0.25) is 4.57 Å². The van der Waals surface area contributed by atoms with Crippen LogP contribution in [0.5, 0.6) is 0 Å². The van der Waals surface area contributed by atoms with Crippen LogP contribution in [0.4, 0.5) is 0 Å². The van der Waals surface area contributed by atoms with Crippen LogP contribution in [-0.2, 0) is 6.42 Å². The number of hydrogen-bond donors (Lipinski definition) is 2. The summed E-state index contributed by atoms with van der Waals surface area (Å²) < 4.78 is 1.63. The van der Waals surface area contributed by atoms with Crippen molar-refractivity contribution in [1.82, 2.24) is 19.5 Å². The van der Waals surface area contributed by atoms with Gasteiger partial charge < -0.3 is 10.9 Å². The van der Waals surface area contributed by atoms with Gasteiger partial charge in [0.25, 0.3) is 0 Å². The molecule has 17 heavy (non-hydrogen) atoms. The van der Waals surface area contributed by atoms with E-state index in [1.54, 1.807) is 17.0 Å². The van der Waals surface area contributed by atoms with Crippen molar-refractivity contribution in [2.24, 2.45) is 10.9 Å². The number of aryl methyl sites for hydroxylation is 1. The van der Waals surface area contributed by atoms with E-state index >= 15 is 0 Å². The fourth-order valence-corrected chi connectivity index (χ4v) is 1.43. The Bertz CT molecular complexity index is 547. The molecule has 0 radical (unpaired) electrons. The zero-order chi connectivity index (χ0) is 12.3. The average Bonchev–Trinajstić information content (AvgIpc) is 2.87. The summed E-state index contributed by atoms with van der Waals surface area (Å²) in [4.78, 5) is 12.2. The Balaban J connectivity index is 2.49. The quantitative estimate of drug-likeness (QED) is 0.343. The van der Waals surface area contributed by atoms with E-state index in [9.17, 15) is 0 Å². The second-order valence-electron chi connectivity index (χ2n) is 3.33. The van der Waals surface area contributed by atoms with Crippen molar-refractivity contribution < 1.29 is 5.21 Å². The first-order chi connectivity index (χ1) is 8.26. The molecule has 7 heteroatoms. The predicted octanol–water partition coefficient (Wildman–Crippen LogP) is 0.319. The summed E-state index contributed by atoms with van der Waals surface area (Å²) in [5, 5.41) is 11.6. The molecule has 2 aromatic rings. The van der Waals surface area contributed by atoms with Crippen LogP contribution in [0.25, 0.3) is 5.82 Å². The second-order valence-corrected chi connectivity index (χ2v) is 3.33. The summed E-state index contributed by atoms with van der Waals surface area (Å²) >= 11 is 0. The van der Waals surface area contributed by atoms with E-state index in [1.807, 2.05) is 13.0 Å². The summed E-state index contributed by atoms with van der Waals surface area (Å²) in [6, 6.07) is 1.83. The number of rotatable bonds is 3. The molecular weight excluding hydrogens is 220 g/mol. The van der Waals surface area contributed by atoms with Gasteiger partial charge in [0, 0.05) is 24.2 Å². The van der Waals surface area contributed by atoms with Gasteiger partial charge in [-0.25, -0.2) is 15.0 Å². The molecular formula is C10H12N6O. The van der Waals surface area contributed by atoms with E-state index in [-0.39, 0.29) is 5.84 Å². The van der Waals surface area contributed by atoms with Crippen LogP contribution in [-0.4, -0.2) is 30.6 Å². The Kier molecular flexibility index (Phi) is 2.99. The standard InChI is InChI=1S/C10H12N6O/c1-2-7-5-8(14-6-13-7)16-4-3-12-10(16)9(11)15-17/h3-6,17H,2H2,1H3,(H2,11,15). The van der Waals surface area contributed by atoms with Gasteiger partial charge in [-0.15, -0.1) is 0 Å². The molecule has 0 unspecified atom stereocenters. The molecule has 88 valence electrons. The van der Waals surface area contributed by atoms with Gasteiger partial charge in [-0.2, -0.15) is 0 Å². The molecule has 2 aromatic heterocycles. The highest BCUT2D eigenvalue weighted by Crippen LogP contribution is 2.08. The number of hydrogen-bond acceptors (Lipinski definition) is 5. The highest BCUT2D eigenvalue weighted by Gasteiger charge is 2.10. The van der Waals surface area contributed by atoms with E-state index in [0.717, 1.165) is 12.1 Å². The molecule has 0 spiro atoms. The lowest BCUT2D eigenvalue weighted by Crippen LogP contribution is -2.19. The molecule has 0 amide bonds. The van der Waals surface area contributed by atoms with Crippen LogP contribution in [0.15, 0.2) is 29.9 Å². The first kappa shape index (κ1) is 11.1. The molecule has 0 saturated heterocycles. The first-order valence-electron chi connectivity index (χ1n) is 5.08. The predicted molar refractivity (Wildman–Crippen MR) is 61.0 cm³/mol. The minimum Gasteiger partial charge on any atom is -0.409 e. The van der Waals surface area contributed by atoms with Gasteiger partial charge in [-0.05, 0) is 6.42 Å². The highest BCUT2D eigenvalue weighted by atomic mass is 16.4. The summed E-state index contributed by atoms with van der Waals surface area (Å²) in [5.41, 5.74) is 6.43. The molecule has 0 saturated carbocycles. The number of nitrogens with two attached hydrogens (primary N) is 1. The topological polar surface area (TPSA) is 102 Å². The smallest absolute Gasteiger partial charge is 0.206 e. The van der Waals surface area contributed by atoms with Crippen LogP contribution in [0.2, 0.25) is 0 Å². The number of imidazole rings is 1. The molecule has 0 atom stereocenters. The van der Waals surface area contributed by atoms with Gasteiger partial charge in [0.05, 0.1) is 0 Å². The summed E-state index contributed by atoms with van der Waals surface area (Å²) in [6.45, 7) is 2.00. The van der Waals surface area contributed by atoms with E-state index in [1.165, 1.54) is 6.33 Å². The van der Waals surface area contributed by atoms with Crippen LogP contribution >= 0.6 is 0 Å². The number of aromatic nitrogens is 4. The molecule has 3 N–H and O–H groups in total. The van der Waals surface area contributed by atoms with Gasteiger partial charge in [-0.1, -0.05) is 12.1 Å². The molecule has 0 aliphatic carbocycles. The van der Waals surface area contributed by atoms with Gasteiger partial charge in [0.15, 0.2) is 5.82 Å². The largest absolute Gasteiger partial charge is 0.409 e. The Hall–Kier alpha value is -2.44. The third kappa shape index (κ3) is 2.07. The zero-order valence-corrected chi connectivity index (χ0v) is 9.28. The third-order valence-electron chi connectivity index (χ3n) is 2.30. The Morgan fingerprint density at radius 3 is 3.00 bits per heavy atom. The Morgan fingerprint density at radius 1 is 1.47 bits per heavy atom. The average molecular weight is 232 g/mol. The van der Waals surface area contributed by atoms with Crippen molar-refractivity contribution in [3.05, 3.63) is 36.3 Å². The summed E-state index contributed by atoms with van der Waals surface area (Å²) in [5.74, 6) is 0.913. The minimum atomic E-state index is -0.0633. The molecule has 0 aromatic carbocycles. The van der Waals surface area contributed by atoms with Crippen LogP contribution in [0, 0.1) is 0 Å². The third-order valence-corrected chi connectivity index (χ3v) is 2.30. The SMILES string of the molecule is CCc1cc(-n2ccnc2C(N)=NO)ncn1. The monoisotopic (exact) mass is 232 g/mol. The van der Waals surface area contributed by atoms with E-state index in [2.05, 4.69) is 20.1 Å². The maximum absolute atomic E-state index is 8.66. The van der Waals surface area contributed by atoms with Crippen molar-refractivity contribution in [3.63, 3.8) is 0 Å². The molecule has 0 aliphatic rings. The van der Waals surface area contributed by atoms with Gasteiger partial charge in [0.1, 0.15) is 12.1 Å². The fraction of sp³-hybridized carbons (Fsp3) is 0.200. The molecule has 7 nitrogen and oxygen atoms in total. The zero-order valence-electron chi connectivity index (χ0n) is 9.28. The van der Waals surface area contributed by atoms with Crippen molar-refractivity contribution >= 4 is 5.84 Å². The molecule has 0 fully saturated rings. The lowest BCUT2D eigenvalue weighted by atomic mass is 10.3. The normalized spacial score (nSPS) is 11.7. The maximum Gasteiger partial charge on any atom is 0.206 e. The molecule has 2 heterocycles. The Morgan fingerprint density at radius 2 is 2.29 bits per heavy atom. The van der Waals surface area contributed by atoms with Gasteiger partial charge in [0.2, 0.25) is 5.84 Å². The van der Waals surface area contributed by atoms with E-state index < -0.39 is 0 Å². The number of amidine groups is 1. The molecule has 2 rings (SSSR count). The fourth-order valence-electron chi connectivity index (χ4n) is 1.43. The van der Waals surface area contributed by atoms with Crippen molar-refractivity contribution in [2.45, 2.75) is 13.3 Å². The highest BCUT2D eigenvalue weighted by molar-refractivity contribution is 5.94. The minimum absolute atomic E-state index is 0.0633. The summed E-state index contributed by atoms with van der Waals surface area (Å²) in [7, 11) is 0. The maximum atomic E-state index is 8.66. The van der Waals surface area contributed by atoms with Crippen molar-refractivity contribution in [3.8, 4) is 5.82 Å². The molecule has 0 bridgehead atoms. The lowest BCUT2D eigenvalue weighted by molar-refractivity contribution is 0.318. The van der Waals surface area contributed by atoms with Gasteiger partial charge >= 0.3 is 0 Å². The second kappa shape index (κ2) is 4.60. The van der Waals surface area contributed by atoms with Crippen LogP contribution in [0.1, 0.15) is 18.4 Å². The number of nitrogens with zero attached hydrogens (tertiary/aromatic N) is 5. The van der Waals surface area contributed by atoms with Crippen molar-refractivity contribution in [2.75, 3.05) is 0 Å².